The highest BCUT2D eigenvalue weighted by Gasteiger charge is 2.56. The van der Waals surface area contributed by atoms with Gasteiger partial charge in [0.05, 0.1) is 4.90 Å². The molecule has 2 heterocycles. The average molecular weight is 408 g/mol. The van der Waals surface area contributed by atoms with E-state index in [0.717, 1.165) is 22.8 Å². The summed E-state index contributed by atoms with van der Waals surface area (Å²) in [6.45, 7) is 1.19. The molecule has 0 aromatic heterocycles. The van der Waals surface area contributed by atoms with Crippen molar-refractivity contribution in [3.63, 3.8) is 0 Å². The van der Waals surface area contributed by atoms with Crippen LogP contribution in [0.2, 0.25) is 0 Å². The highest BCUT2D eigenvalue weighted by atomic mass is 32.2. The van der Waals surface area contributed by atoms with Crippen LogP contribution < -0.4 is 5.32 Å². The summed E-state index contributed by atoms with van der Waals surface area (Å²) >= 11 is 0. The van der Waals surface area contributed by atoms with Crippen LogP contribution in [-0.2, 0) is 10.0 Å². The van der Waals surface area contributed by atoms with Gasteiger partial charge in [-0.2, -0.15) is 4.31 Å². The van der Waals surface area contributed by atoms with Crippen molar-refractivity contribution in [1.82, 2.24) is 9.62 Å². The first-order valence-electron chi connectivity index (χ1n) is 9.71. The quantitative estimate of drug-likeness (QED) is 0.717. The number of piperidine rings is 1. The van der Waals surface area contributed by atoms with Crippen molar-refractivity contribution in [3.05, 3.63) is 90.2 Å². The van der Waals surface area contributed by atoms with Gasteiger partial charge >= 0.3 is 0 Å². The summed E-state index contributed by atoms with van der Waals surface area (Å²) in [5.41, 5.74) is 3.44. The number of benzene rings is 3. The maximum atomic E-state index is 13.6. The number of halogens is 1. The van der Waals surface area contributed by atoms with E-state index < -0.39 is 15.8 Å². The summed E-state index contributed by atoms with van der Waals surface area (Å²) in [4.78, 5) is 0.0206. The maximum absolute atomic E-state index is 13.6. The van der Waals surface area contributed by atoms with Gasteiger partial charge in [-0.15, -0.1) is 0 Å². The molecule has 6 heteroatoms. The molecule has 1 N–H and O–H groups in total. The maximum Gasteiger partial charge on any atom is 0.243 e. The summed E-state index contributed by atoms with van der Waals surface area (Å²) in [7, 11) is -3.72. The Morgan fingerprint density at radius 2 is 1.48 bits per heavy atom. The van der Waals surface area contributed by atoms with Gasteiger partial charge in [-0.3, -0.25) is 0 Å². The van der Waals surface area contributed by atoms with Crippen LogP contribution >= 0.6 is 0 Å². The second kappa shape index (κ2) is 7.06. The summed E-state index contributed by atoms with van der Waals surface area (Å²) in [6.07, 6.45) is 0. The Hall–Kier alpha value is -2.54. The third kappa shape index (κ3) is 3.08. The van der Waals surface area contributed by atoms with Crippen molar-refractivity contribution >= 4 is 10.0 Å². The molecule has 2 aliphatic rings. The van der Waals surface area contributed by atoms with E-state index in [1.165, 1.54) is 18.2 Å². The number of piperazine rings is 1. The largest absolute Gasteiger partial charge is 0.313 e. The predicted molar refractivity (Wildman–Crippen MR) is 110 cm³/mol. The highest BCUT2D eigenvalue weighted by molar-refractivity contribution is 7.89. The van der Waals surface area contributed by atoms with Gasteiger partial charge in [0.15, 0.2) is 0 Å². The molecule has 29 heavy (non-hydrogen) atoms. The normalized spacial score (nSPS) is 24.1. The molecular formula is C23H21FN2O2S. The van der Waals surface area contributed by atoms with E-state index in [0.29, 0.717) is 13.1 Å². The fourth-order valence-corrected chi connectivity index (χ4v) is 6.49. The number of hydrogen-bond donors (Lipinski definition) is 1. The highest BCUT2D eigenvalue weighted by Crippen LogP contribution is 2.46. The Morgan fingerprint density at radius 3 is 2.14 bits per heavy atom. The van der Waals surface area contributed by atoms with Gasteiger partial charge in [-0.05, 0) is 34.9 Å². The molecule has 0 saturated carbocycles. The third-order valence-electron chi connectivity index (χ3n) is 5.96. The molecule has 0 aliphatic carbocycles. The average Bonchev–Trinajstić information content (AvgIpc) is 2.75. The topological polar surface area (TPSA) is 49.4 Å². The molecule has 2 saturated heterocycles. The van der Waals surface area contributed by atoms with Crippen LogP contribution in [0.25, 0.3) is 11.1 Å². The van der Waals surface area contributed by atoms with Crippen molar-refractivity contribution in [1.29, 1.82) is 0 Å². The summed E-state index contributed by atoms with van der Waals surface area (Å²) < 4.78 is 41.4. The molecule has 2 fully saturated rings. The Bertz CT molecular complexity index is 1120. The Labute approximate surface area is 170 Å². The van der Waals surface area contributed by atoms with Crippen LogP contribution in [0.4, 0.5) is 4.39 Å². The number of fused-ring (bicyclic) bond motifs is 2. The number of nitrogens with zero attached hydrogens (tertiary/aromatic N) is 1. The third-order valence-corrected chi connectivity index (χ3v) is 7.91. The van der Waals surface area contributed by atoms with Crippen molar-refractivity contribution in [2.45, 2.75) is 22.9 Å². The second-order valence-electron chi connectivity index (χ2n) is 7.60. The predicted octanol–water partition coefficient (Wildman–Crippen LogP) is 3.62. The Kier molecular flexibility index (Phi) is 4.50. The molecule has 0 spiro atoms. The second-order valence-corrected chi connectivity index (χ2v) is 9.44. The van der Waals surface area contributed by atoms with E-state index in [1.54, 1.807) is 4.31 Å². The number of nitrogens with one attached hydrogen (secondary N) is 1. The first kappa shape index (κ1) is 18.5. The summed E-state index contributed by atoms with van der Waals surface area (Å²) in [5, 5.41) is 3.31. The molecule has 2 aliphatic heterocycles. The van der Waals surface area contributed by atoms with Crippen molar-refractivity contribution < 1.29 is 12.8 Å². The van der Waals surface area contributed by atoms with Crippen LogP contribution in [0, 0.1) is 5.82 Å². The summed E-state index contributed by atoms with van der Waals surface area (Å²) in [5.74, 6) is -0.396. The molecule has 148 valence electrons. The van der Waals surface area contributed by atoms with E-state index in [9.17, 15) is 12.8 Å². The lowest BCUT2D eigenvalue weighted by Gasteiger charge is -2.57. The smallest absolute Gasteiger partial charge is 0.243 e. The van der Waals surface area contributed by atoms with E-state index >= 15 is 0 Å². The van der Waals surface area contributed by atoms with Gasteiger partial charge in [0, 0.05) is 31.1 Å². The molecular weight excluding hydrogens is 387 g/mol. The van der Waals surface area contributed by atoms with Crippen LogP contribution in [0.15, 0.2) is 83.8 Å². The molecule has 4 nitrogen and oxygen atoms in total. The van der Waals surface area contributed by atoms with Crippen LogP contribution in [0.3, 0.4) is 0 Å². The molecule has 0 amide bonds. The van der Waals surface area contributed by atoms with Gasteiger partial charge in [-0.1, -0.05) is 60.7 Å². The van der Waals surface area contributed by atoms with Crippen LogP contribution in [-0.4, -0.2) is 37.9 Å². The lowest BCUT2D eigenvalue weighted by Crippen LogP contribution is -2.73. The molecule has 3 atom stereocenters. The van der Waals surface area contributed by atoms with Crippen molar-refractivity contribution in [2.75, 3.05) is 13.1 Å². The van der Waals surface area contributed by atoms with E-state index in [-0.39, 0.29) is 22.9 Å². The number of hydrogen-bond acceptors (Lipinski definition) is 3. The zero-order valence-electron chi connectivity index (χ0n) is 15.7. The van der Waals surface area contributed by atoms with Gasteiger partial charge in [0.2, 0.25) is 10.0 Å². The fraction of sp³-hybridized carbons (Fsp3) is 0.217. The monoisotopic (exact) mass is 408 g/mol. The molecule has 2 bridgehead atoms. The molecule has 0 radical (unpaired) electrons. The molecule has 1 unspecified atom stereocenters. The lowest BCUT2D eigenvalue weighted by molar-refractivity contribution is 0.0370. The van der Waals surface area contributed by atoms with Crippen molar-refractivity contribution in [2.24, 2.45) is 0 Å². The van der Waals surface area contributed by atoms with Gasteiger partial charge in [0.25, 0.3) is 0 Å². The first-order chi connectivity index (χ1) is 14.1. The SMILES string of the molecule is O=S(=O)(c1cccc(F)c1)N1[C@@H]2CNC[C@H]1C2c1ccc(-c2ccccc2)cc1. The van der Waals surface area contributed by atoms with Gasteiger partial charge in [0.1, 0.15) is 5.82 Å². The van der Waals surface area contributed by atoms with E-state index in [4.69, 9.17) is 0 Å². The zero-order valence-corrected chi connectivity index (χ0v) is 16.5. The van der Waals surface area contributed by atoms with Gasteiger partial charge in [-0.25, -0.2) is 12.8 Å². The Morgan fingerprint density at radius 1 is 0.828 bits per heavy atom. The number of sulfonamides is 1. The lowest BCUT2D eigenvalue weighted by atomic mass is 9.74. The van der Waals surface area contributed by atoms with E-state index in [1.807, 2.05) is 18.2 Å². The summed E-state index contributed by atoms with van der Waals surface area (Å²) in [6, 6.07) is 23.5. The van der Waals surface area contributed by atoms with Gasteiger partial charge < -0.3 is 5.32 Å². The fourth-order valence-electron chi connectivity index (χ4n) is 4.61. The van der Waals surface area contributed by atoms with Crippen LogP contribution in [0.1, 0.15) is 11.5 Å². The number of rotatable bonds is 4. The minimum absolute atomic E-state index is 0.0206. The first-order valence-corrected chi connectivity index (χ1v) is 11.1. The van der Waals surface area contributed by atoms with Crippen molar-refractivity contribution in [3.8, 4) is 11.1 Å². The Balaban J connectivity index is 1.43. The molecule has 3 aromatic rings. The molecule has 5 rings (SSSR count). The molecule has 3 aromatic carbocycles. The zero-order chi connectivity index (χ0) is 20.0. The van der Waals surface area contributed by atoms with Crippen LogP contribution in [0.5, 0.6) is 0 Å². The van der Waals surface area contributed by atoms with E-state index in [2.05, 4.69) is 41.7 Å². The minimum Gasteiger partial charge on any atom is -0.313 e. The minimum atomic E-state index is -3.72. The standard InChI is InChI=1S/C23H21FN2O2S/c24-19-7-4-8-20(13-19)29(27,28)26-21-14-25-15-22(26)23(21)18-11-9-17(10-12-18)16-5-2-1-3-6-16/h1-13,21-23,25H,14-15H2/t21-,22+,23?.